The molecule has 0 saturated carbocycles. The second kappa shape index (κ2) is 10.5. The second-order valence-corrected chi connectivity index (χ2v) is 9.39. The number of pyridine rings is 1. The van der Waals surface area contributed by atoms with Gasteiger partial charge in [-0.3, -0.25) is 14.2 Å². The number of carbonyl (C=O) groups excluding carboxylic acids is 1. The lowest BCUT2D eigenvalue weighted by Gasteiger charge is -2.22. The molecule has 0 spiro atoms. The molecule has 39 heavy (non-hydrogen) atoms. The molecule has 0 aromatic carbocycles. The fraction of sp³-hybridized carbons (Fsp3) is 0.308. The summed E-state index contributed by atoms with van der Waals surface area (Å²) in [6.45, 7) is 0.324. The van der Waals surface area contributed by atoms with Crippen LogP contribution in [0, 0.1) is 17.2 Å². The number of hydrogen-bond donors (Lipinski definition) is 2. The van der Waals surface area contributed by atoms with E-state index < -0.39 is 18.0 Å². The highest BCUT2D eigenvalue weighted by Gasteiger charge is 2.34. The summed E-state index contributed by atoms with van der Waals surface area (Å²) in [5.74, 6) is 0.0274. The summed E-state index contributed by atoms with van der Waals surface area (Å²) >= 11 is 0. The van der Waals surface area contributed by atoms with Crippen LogP contribution in [0.1, 0.15) is 42.2 Å². The molecule has 3 N–H and O–H groups in total. The fourth-order valence-electron chi connectivity index (χ4n) is 4.97. The first-order valence-corrected chi connectivity index (χ1v) is 12.3. The maximum Gasteiger partial charge on any atom is 0.321 e. The topological polar surface area (TPSA) is 147 Å². The molecule has 0 aliphatic carbocycles. The quantitative estimate of drug-likeness (QED) is 0.351. The van der Waals surface area contributed by atoms with E-state index in [1.807, 2.05) is 11.0 Å². The van der Waals surface area contributed by atoms with Crippen molar-refractivity contribution in [3.63, 3.8) is 0 Å². The Balaban J connectivity index is 1.52. The predicted octanol–water partition coefficient (Wildman–Crippen LogP) is 3.04. The molecule has 13 heteroatoms. The van der Waals surface area contributed by atoms with E-state index in [-0.39, 0.29) is 17.5 Å². The van der Waals surface area contributed by atoms with Crippen molar-refractivity contribution in [1.82, 2.24) is 24.1 Å². The average Bonchev–Trinajstić information content (AvgIpc) is 3.54. The molecule has 5 heterocycles. The number of nitrogens with two attached hydrogens (primary N) is 1. The van der Waals surface area contributed by atoms with Gasteiger partial charge in [-0.25, -0.2) is 14.5 Å². The van der Waals surface area contributed by atoms with Gasteiger partial charge in [-0.1, -0.05) is 13.3 Å². The molecule has 1 amide bonds. The number of primary amides is 1. The summed E-state index contributed by atoms with van der Waals surface area (Å²) < 4.78 is 28.5. The normalized spacial score (nSPS) is 17.1. The molecule has 1 saturated heterocycles. The van der Waals surface area contributed by atoms with Gasteiger partial charge in [0, 0.05) is 48.7 Å². The van der Waals surface area contributed by atoms with Gasteiger partial charge in [-0.05, 0) is 24.5 Å². The van der Waals surface area contributed by atoms with Crippen molar-refractivity contribution in [2.24, 2.45) is 11.7 Å². The molecule has 0 radical (unpaired) electrons. The van der Waals surface area contributed by atoms with E-state index >= 15 is 0 Å². The van der Waals surface area contributed by atoms with Gasteiger partial charge in [0.2, 0.25) is 5.95 Å². The van der Waals surface area contributed by atoms with Crippen molar-refractivity contribution in [2.45, 2.75) is 32.4 Å². The van der Waals surface area contributed by atoms with Crippen LogP contribution >= 0.6 is 0 Å². The largest absolute Gasteiger partial charge is 0.378 e. The Kier molecular flexibility index (Phi) is 6.93. The van der Waals surface area contributed by atoms with Gasteiger partial charge in [-0.15, -0.1) is 0 Å². The number of hydrogen-bond acceptors (Lipinski definition) is 8. The SMILES string of the molecule is CCC[C@H]1CN(c2ncc(C#N)cn2)C[C@H]1Nc1c(C(N)=O)cnn2cc(-c3ccc(=O)n(C(F)F)c3)cc12. The van der Waals surface area contributed by atoms with Gasteiger partial charge in [0.1, 0.15) is 6.07 Å². The molecular formula is C26H25F2N9O2. The van der Waals surface area contributed by atoms with Gasteiger partial charge < -0.3 is 16.0 Å². The molecule has 2 atom stereocenters. The third-order valence-corrected chi connectivity index (χ3v) is 6.86. The summed E-state index contributed by atoms with van der Waals surface area (Å²) in [4.78, 5) is 34.9. The number of nitrogens with zero attached hydrogens (tertiary/aromatic N) is 7. The number of rotatable bonds is 8. The number of carbonyl (C=O) groups is 1. The van der Waals surface area contributed by atoms with E-state index in [1.54, 1.807) is 12.3 Å². The predicted molar refractivity (Wildman–Crippen MR) is 139 cm³/mol. The Morgan fingerprint density at radius 3 is 2.64 bits per heavy atom. The van der Waals surface area contributed by atoms with Crippen molar-refractivity contribution in [3.05, 3.63) is 70.7 Å². The van der Waals surface area contributed by atoms with Crippen LogP contribution in [0.2, 0.25) is 0 Å². The van der Waals surface area contributed by atoms with E-state index in [9.17, 15) is 18.4 Å². The van der Waals surface area contributed by atoms with Crippen LogP contribution in [0.15, 0.2) is 54.0 Å². The molecule has 0 unspecified atom stereocenters. The van der Waals surface area contributed by atoms with Gasteiger partial charge in [0.15, 0.2) is 0 Å². The zero-order valence-electron chi connectivity index (χ0n) is 21.0. The van der Waals surface area contributed by atoms with Crippen LogP contribution in [0.4, 0.5) is 20.4 Å². The molecule has 11 nitrogen and oxygen atoms in total. The Bertz CT molecular complexity index is 1630. The Morgan fingerprint density at radius 2 is 1.97 bits per heavy atom. The molecule has 200 valence electrons. The van der Waals surface area contributed by atoms with Crippen molar-refractivity contribution in [2.75, 3.05) is 23.3 Å². The van der Waals surface area contributed by atoms with E-state index in [2.05, 4.69) is 27.3 Å². The van der Waals surface area contributed by atoms with Crippen LogP contribution in [-0.2, 0) is 0 Å². The van der Waals surface area contributed by atoms with Crippen molar-refractivity contribution in [1.29, 1.82) is 5.26 Å². The van der Waals surface area contributed by atoms with E-state index in [1.165, 1.54) is 29.2 Å². The third-order valence-electron chi connectivity index (χ3n) is 6.86. The first-order chi connectivity index (χ1) is 18.8. The van der Waals surface area contributed by atoms with E-state index in [4.69, 9.17) is 11.0 Å². The molecule has 1 fully saturated rings. The summed E-state index contributed by atoms with van der Waals surface area (Å²) in [5, 5.41) is 16.9. The van der Waals surface area contributed by atoms with Crippen LogP contribution in [0.5, 0.6) is 0 Å². The van der Waals surface area contributed by atoms with Gasteiger partial charge in [0.05, 0.1) is 40.9 Å². The minimum atomic E-state index is -2.98. The summed E-state index contributed by atoms with van der Waals surface area (Å²) in [5.41, 5.74) is 7.37. The van der Waals surface area contributed by atoms with Crippen LogP contribution in [0.3, 0.4) is 0 Å². The smallest absolute Gasteiger partial charge is 0.321 e. The Labute approximate surface area is 221 Å². The van der Waals surface area contributed by atoms with E-state index in [0.29, 0.717) is 51.5 Å². The minimum Gasteiger partial charge on any atom is -0.378 e. The molecule has 4 aromatic rings. The first kappa shape index (κ1) is 25.8. The number of aromatic nitrogens is 5. The zero-order valence-corrected chi connectivity index (χ0v) is 21.0. The molecule has 0 bridgehead atoms. The number of nitriles is 1. The van der Waals surface area contributed by atoms with Crippen LogP contribution in [0.25, 0.3) is 16.6 Å². The number of alkyl halides is 2. The molecular weight excluding hydrogens is 508 g/mol. The minimum absolute atomic E-state index is 0.104. The lowest BCUT2D eigenvalue weighted by molar-refractivity contribution is 0.0665. The zero-order chi connectivity index (χ0) is 27.7. The highest BCUT2D eigenvalue weighted by atomic mass is 19.3. The maximum absolute atomic E-state index is 13.3. The standard InChI is InChI=1S/C26H25F2N9O2/c1-2-3-17-11-35(26-31-8-15(7-29)9-32-26)14-20(17)34-23-19(24(30)39)10-33-37-13-18(6-21(23)37)16-4-5-22(38)36(12-16)25(27)28/h4-6,8-10,12-13,17,20,25,34H,2-3,11,14H2,1H3,(H2,30,39)/t17-,20+/m0/s1. The summed E-state index contributed by atoms with van der Waals surface area (Å²) in [6, 6.07) is 6.16. The van der Waals surface area contributed by atoms with Crippen LogP contribution < -0.4 is 21.5 Å². The lowest BCUT2D eigenvalue weighted by Crippen LogP contribution is -2.31. The van der Waals surface area contributed by atoms with Crippen molar-refractivity contribution in [3.8, 4) is 17.2 Å². The van der Waals surface area contributed by atoms with Crippen molar-refractivity contribution >= 4 is 23.1 Å². The summed E-state index contributed by atoms with van der Waals surface area (Å²) in [7, 11) is 0. The van der Waals surface area contributed by atoms with Gasteiger partial charge in [-0.2, -0.15) is 19.1 Å². The van der Waals surface area contributed by atoms with Crippen molar-refractivity contribution < 1.29 is 13.6 Å². The monoisotopic (exact) mass is 533 g/mol. The number of nitrogens with one attached hydrogen (secondary N) is 1. The van der Waals surface area contributed by atoms with Gasteiger partial charge >= 0.3 is 6.55 Å². The average molecular weight is 534 g/mol. The summed E-state index contributed by atoms with van der Waals surface area (Å²) in [6.07, 6.45) is 8.90. The third kappa shape index (κ3) is 5.00. The van der Waals surface area contributed by atoms with Gasteiger partial charge in [0.25, 0.3) is 11.5 Å². The highest BCUT2D eigenvalue weighted by Crippen LogP contribution is 2.33. The maximum atomic E-state index is 13.3. The first-order valence-electron chi connectivity index (χ1n) is 12.3. The number of amides is 1. The molecule has 5 rings (SSSR count). The van der Waals surface area contributed by atoms with E-state index in [0.717, 1.165) is 25.1 Å². The second-order valence-electron chi connectivity index (χ2n) is 9.39. The molecule has 1 aliphatic heterocycles. The lowest BCUT2D eigenvalue weighted by atomic mass is 9.97. The number of fused-ring (bicyclic) bond motifs is 1. The van der Waals surface area contributed by atoms with Crippen LogP contribution in [-0.4, -0.2) is 49.2 Å². The highest BCUT2D eigenvalue weighted by molar-refractivity contribution is 6.02. The molecule has 4 aromatic heterocycles. The number of anilines is 2. The number of halogens is 2. The Morgan fingerprint density at radius 1 is 1.21 bits per heavy atom. The fourth-order valence-corrected chi connectivity index (χ4v) is 4.97. The Hall–Kier alpha value is -4.86. The molecule has 1 aliphatic rings.